The minimum absolute atomic E-state index is 0.0352. The van der Waals surface area contributed by atoms with Gasteiger partial charge in [0.25, 0.3) is 0 Å². The number of hydrogen-bond donors (Lipinski definition) is 1. The van der Waals surface area contributed by atoms with Gasteiger partial charge in [0.2, 0.25) is 5.91 Å². The number of aryl methyl sites for hydroxylation is 1. The zero-order valence-corrected chi connectivity index (χ0v) is 15.2. The van der Waals surface area contributed by atoms with Crippen LogP contribution in [0.2, 0.25) is 0 Å². The number of aromatic nitrogens is 2. The minimum Gasteiger partial charge on any atom is -0.497 e. The van der Waals surface area contributed by atoms with Crippen LogP contribution >= 0.6 is 11.8 Å². The number of nitrogens with one attached hydrogen (secondary N) is 1. The summed E-state index contributed by atoms with van der Waals surface area (Å²) in [6, 6.07) is 15.8. The summed E-state index contributed by atoms with van der Waals surface area (Å²) in [5.41, 5.74) is 2.02. The van der Waals surface area contributed by atoms with E-state index >= 15 is 0 Å². The molecule has 0 saturated carbocycles. The standard InChI is InChI=1S/C19H21N3O2S/c1-22-17-6-4-3-5-16(17)21-18(22)13-20-19(23)11-12-25-15-9-7-14(24-2)8-10-15/h3-10H,11-13H2,1-2H3,(H,20,23). The summed E-state index contributed by atoms with van der Waals surface area (Å²) in [6.07, 6.45) is 0.473. The van der Waals surface area contributed by atoms with E-state index in [0.717, 1.165) is 33.3 Å². The van der Waals surface area contributed by atoms with Crippen molar-refractivity contribution >= 4 is 28.7 Å². The summed E-state index contributed by atoms with van der Waals surface area (Å²) in [4.78, 5) is 17.7. The minimum atomic E-state index is 0.0352. The number of hydrogen-bond acceptors (Lipinski definition) is 4. The molecule has 130 valence electrons. The van der Waals surface area contributed by atoms with Crippen LogP contribution in [0.1, 0.15) is 12.2 Å². The molecule has 6 heteroatoms. The average molecular weight is 355 g/mol. The second-order valence-corrected chi connectivity index (χ2v) is 6.79. The van der Waals surface area contributed by atoms with Crippen molar-refractivity contribution in [2.45, 2.75) is 17.9 Å². The highest BCUT2D eigenvalue weighted by molar-refractivity contribution is 7.99. The molecule has 0 fully saturated rings. The highest BCUT2D eigenvalue weighted by atomic mass is 32.2. The molecule has 0 unspecified atom stereocenters. The van der Waals surface area contributed by atoms with Crippen LogP contribution in [0, 0.1) is 0 Å². The van der Waals surface area contributed by atoms with E-state index in [1.54, 1.807) is 18.9 Å². The molecule has 25 heavy (non-hydrogen) atoms. The number of imidazole rings is 1. The Kier molecular flexibility index (Phi) is 5.60. The van der Waals surface area contributed by atoms with Crippen molar-refractivity contribution in [3.8, 4) is 5.75 Å². The van der Waals surface area contributed by atoms with Crippen LogP contribution in [-0.4, -0.2) is 28.3 Å². The molecule has 0 radical (unpaired) electrons. The van der Waals surface area contributed by atoms with Crippen LogP contribution in [0.3, 0.4) is 0 Å². The first-order chi connectivity index (χ1) is 12.2. The van der Waals surface area contributed by atoms with Gasteiger partial charge in [-0.15, -0.1) is 11.8 Å². The lowest BCUT2D eigenvalue weighted by Crippen LogP contribution is -2.24. The Morgan fingerprint density at radius 1 is 1.20 bits per heavy atom. The van der Waals surface area contributed by atoms with Crippen LogP contribution in [-0.2, 0) is 18.4 Å². The van der Waals surface area contributed by atoms with Crippen molar-refractivity contribution in [3.63, 3.8) is 0 Å². The maximum Gasteiger partial charge on any atom is 0.221 e. The Balaban J connectivity index is 1.46. The van der Waals surface area contributed by atoms with Gasteiger partial charge < -0.3 is 14.6 Å². The van der Waals surface area contributed by atoms with Crippen molar-refractivity contribution < 1.29 is 9.53 Å². The van der Waals surface area contributed by atoms with E-state index < -0.39 is 0 Å². The summed E-state index contributed by atoms with van der Waals surface area (Å²) in [6.45, 7) is 0.442. The number of amides is 1. The molecule has 0 aliphatic rings. The monoisotopic (exact) mass is 355 g/mol. The van der Waals surface area contributed by atoms with Gasteiger partial charge in [0.15, 0.2) is 0 Å². The lowest BCUT2D eigenvalue weighted by atomic mass is 10.3. The molecule has 0 saturated heterocycles. The number of benzene rings is 2. The predicted octanol–water partition coefficient (Wildman–Crippen LogP) is 3.38. The summed E-state index contributed by atoms with van der Waals surface area (Å²) < 4.78 is 7.15. The Hall–Kier alpha value is -2.47. The van der Waals surface area contributed by atoms with E-state index in [2.05, 4.69) is 10.3 Å². The van der Waals surface area contributed by atoms with Crippen molar-refractivity contribution in [1.82, 2.24) is 14.9 Å². The number of rotatable bonds is 7. The summed E-state index contributed by atoms with van der Waals surface area (Å²) in [5.74, 6) is 2.47. The molecule has 0 aliphatic heterocycles. The molecule has 0 atom stereocenters. The Morgan fingerprint density at radius 2 is 1.96 bits per heavy atom. The van der Waals surface area contributed by atoms with Crippen LogP contribution in [0.5, 0.6) is 5.75 Å². The maximum atomic E-state index is 12.1. The molecule has 0 spiro atoms. The van der Waals surface area contributed by atoms with E-state index in [4.69, 9.17) is 4.74 Å². The molecular formula is C19H21N3O2S. The third-order valence-electron chi connectivity index (χ3n) is 3.98. The van der Waals surface area contributed by atoms with Gasteiger partial charge in [-0.1, -0.05) is 12.1 Å². The van der Waals surface area contributed by atoms with Crippen LogP contribution in [0.15, 0.2) is 53.4 Å². The van der Waals surface area contributed by atoms with Gasteiger partial charge >= 0.3 is 0 Å². The number of carbonyl (C=O) groups is 1. The fourth-order valence-corrected chi connectivity index (χ4v) is 3.40. The molecule has 0 bridgehead atoms. The Bertz CT molecular complexity index is 859. The first-order valence-corrected chi connectivity index (χ1v) is 9.10. The van der Waals surface area contributed by atoms with Gasteiger partial charge in [-0.2, -0.15) is 0 Å². The quantitative estimate of drug-likeness (QED) is 0.660. The lowest BCUT2D eigenvalue weighted by molar-refractivity contribution is -0.120. The second kappa shape index (κ2) is 8.07. The molecule has 3 rings (SSSR count). The molecule has 1 N–H and O–H groups in total. The number of thioether (sulfide) groups is 1. The van der Waals surface area contributed by atoms with Crippen LogP contribution in [0.25, 0.3) is 11.0 Å². The number of nitrogens with zero attached hydrogens (tertiary/aromatic N) is 2. The van der Waals surface area contributed by atoms with Gasteiger partial charge in [-0.05, 0) is 36.4 Å². The van der Waals surface area contributed by atoms with Crippen LogP contribution in [0.4, 0.5) is 0 Å². The lowest BCUT2D eigenvalue weighted by Gasteiger charge is -2.06. The number of fused-ring (bicyclic) bond motifs is 1. The first kappa shape index (κ1) is 17.4. The molecule has 1 amide bonds. The number of para-hydroxylation sites is 2. The van der Waals surface area contributed by atoms with Gasteiger partial charge in [0.05, 0.1) is 24.7 Å². The zero-order valence-electron chi connectivity index (χ0n) is 14.4. The fraction of sp³-hybridized carbons (Fsp3) is 0.263. The Morgan fingerprint density at radius 3 is 2.68 bits per heavy atom. The number of carbonyl (C=O) groups excluding carboxylic acids is 1. The third kappa shape index (κ3) is 4.33. The SMILES string of the molecule is COc1ccc(SCCC(=O)NCc2nc3ccccc3n2C)cc1. The molecule has 2 aromatic carbocycles. The largest absolute Gasteiger partial charge is 0.497 e. The second-order valence-electron chi connectivity index (χ2n) is 5.63. The molecule has 5 nitrogen and oxygen atoms in total. The third-order valence-corrected chi connectivity index (χ3v) is 4.99. The van der Waals surface area contributed by atoms with Crippen molar-refractivity contribution in [2.75, 3.05) is 12.9 Å². The van der Waals surface area contributed by atoms with E-state index in [0.29, 0.717) is 13.0 Å². The average Bonchev–Trinajstić information content (AvgIpc) is 2.97. The molecule has 1 heterocycles. The summed E-state index contributed by atoms with van der Waals surface area (Å²) >= 11 is 1.66. The molecular weight excluding hydrogens is 334 g/mol. The normalized spacial score (nSPS) is 10.8. The summed E-state index contributed by atoms with van der Waals surface area (Å²) in [5, 5.41) is 2.95. The van der Waals surface area contributed by atoms with Gasteiger partial charge in [-0.3, -0.25) is 4.79 Å². The molecule has 3 aromatic rings. The molecule has 1 aromatic heterocycles. The van der Waals surface area contributed by atoms with E-state index in [1.165, 1.54) is 0 Å². The predicted molar refractivity (Wildman–Crippen MR) is 101 cm³/mol. The topological polar surface area (TPSA) is 56.1 Å². The van der Waals surface area contributed by atoms with Crippen molar-refractivity contribution in [3.05, 3.63) is 54.4 Å². The smallest absolute Gasteiger partial charge is 0.221 e. The van der Waals surface area contributed by atoms with Gasteiger partial charge in [0, 0.05) is 24.1 Å². The van der Waals surface area contributed by atoms with Gasteiger partial charge in [-0.25, -0.2) is 4.98 Å². The fourth-order valence-electron chi connectivity index (χ4n) is 2.55. The Labute approximate surface area is 151 Å². The molecule has 0 aliphatic carbocycles. The highest BCUT2D eigenvalue weighted by Gasteiger charge is 2.08. The zero-order chi connectivity index (χ0) is 17.6. The van der Waals surface area contributed by atoms with Crippen molar-refractivity contribution in [1.29, 1.82) is 0 Å². The van der Waals surface area contributed by atoms with E-state index in [1.807, 2.05) is 60.1 Å². The summed E-state index contributed by atoms with van der Waals surface area (Å²) in [7, 11) is 3.62. The maximum absolute atomic E-state index is 12.1. The number of methoxy groups -OCH3 is 1. The highest BCUT2D eigenvalue weighted by Crippen LogP contribution is 2.21. The first-order valence-electron chi connectivity index (χ1n) is 8.11. The van der Waals surface area contributed by atoms with E-state index in [-0.39, 0.29) is 5.91 Å². The van der Waals surface area contributed by atoms with Gasteiger partial charge in [0.1, 0.15) is 11.6 Å². The van der Waals surface area contributed by atoms with Crippen molar-refractivity contribution in [2.24, 2.45) is 7.05 Å². The van der Waals surface area contributed by atoms with Crippen LogP contribution < -0.4 is 10.1 Å². The number of ether oxygens (including phenoxy) is 1. The van der Waals surface area contributed by atoms with E-state index in [9.17, 15) is 4.79 Å².